The third kappa shape index (κ3) is 2.01. The van der Waals surface area contributed by atoms with Gasteiger partial charge in [-0.1, -0.05) is 6.07 Å². The Bertz CT molecular complexity index is 827. The van der Waals surface area contributed by atoms with E-state index in [-0.39, 0.29) is 5.69 Å². The summed E-state index contributed by atoms with van der Waals surface area (Å²) in [7, 11) is 0. The Balaban J connectivity index is 2.12. The van der Waals surface area contributed by atoms with Gasteiger partial charge in [-0.3, -0.25) is 0 Å². The Morgan fingerprint density at radius 3 is 2.50 bits per heavy atom. The average Bonchev–Trinajstić information content (AvgIpc) is 2.85. The number of carboxylic acid groups (broad SMARTS) is 1. The molecule has 100 valence electrons. The fourth-order valence-electron chi connectivity index (χ4n) is 1.94. The lowest BCUT2D eigenvalue weighted by atomic mass is 10.1. The first-order valence-electron chi connectivity index (χ1n) is 5.72. The van der Waals surface area contributed by atoms with Crippen LogP contribution in [-0.4, -0.2) is 20.5 Å². The molecule has 0 spiro atoms. The first-order chi connectivity index (χ1) is 9.54. The molecule has 0 saturated carbocycles. The standard InChI is InChI=1S/C14H8F2N2O2/c15-10-3-1-8(5-11(10)16)9-2-4-13-17-12(14(19)20)7-18(13)6-9/h1-7H,(H,19,20). The lowest BCUT2D eigenvalue weighted by molar-refractivity contribution is 0.0691. The van der Waals surface area contributed by atoms with E-state index in [9.17, 15) is 13.6 Å². The van der Waals surface area contributed by atoms with E-state index in [4.69, 9.17) is 5.11 Å². The number of halogens is 2. The van der Waals surface area contributed by atoms with Crippen molar-refractivity contribution in [3.63, 3.8) is 0 Å². The number of aromatic nitrogens is 2. The molecule has 0 fully saturated rings. The van der Waals surface area contributed by atoms with Gasteiger partial charge in [-0.05, 0) is 35.4 Å². The summed E-state index contributed by atoms with van der Waals surface area (Å²) in [6, 6.07) is 6.87. The molecule has 0 aliphatic heterocycles. The van der Waals surface area contributed by atoms with Gasteiger partial charge in [0.1, 0.15) is 5.65 Å². The number of carboxylic acids is 1. The van der Waals surface area contributed by atoms with E-state index < -0.39 is 17.6 Å². The molecule has 0 aliphatic carbocycles. The highest BCUT2D eigenvalue weighted by molar-refractivity contribution is 5.86. The predicted octanol–water partition coefficient (Wildman–Crippen LogP) is 2.98. The number of rotatable bonds is 2. The van der Waals surface area contributed by atoms with Gasteiger partial charge in [0.2, 0.25) is 0 Å². The van der Waals surface area contributed by atoms with E-state index in [1.807, 2.05) is 0 Å². The molecule has 2 heterocycles. The number of fused-ring (bicyclic) bond motifs is 1. The van der Waals surface area contributed by atoms with Gasteiger partial charge >= 0.3 is 5.97 Å². The molecule has 0 amide bonds. The highest BCUT2D eigenvalue weighted by atomic mass is 19.2. The van der Waals surface area contributed by atoms with E-state index in [0.717, 1.165) is 12.1 Å². The summed E-state index contributed by atoms with van der Waals surface area (Å²) in [6.07, 6.45) is 2.97. The smallest absolute Gasteiger partial charge is 0.356 e. The van der Waals surface area contributed by atoms with Crippen molar-refractivity contribution < 1.29 is 18.7 Å². The largest absolute Gasteiger partial charge is 0.476 e. The zero-order chi connectivity index (χ0) is 14.3. The summed E-state index contributed by atoms with van der Waals surface area (Å²) in [5.41, 5.74) is 1.52. The summed E-state index contributed by atoms with van der Waals surface area (Å²) in [5, 5.41) is 8.87. The van der Waals surface area contributed by atoms with Crippen molar-refractivity contribution >= 4 is 11.6 Å². The van der Waals surface area contributed by atoms with E-state index in [1.165, 1.54) is 16.7 Å². The van der Waals surface area contributed by atoms with Crippen molar-refractivity contribution in [2.45, 2.75) is 0 Å². The van der Waals surface area contributed by atoms with Gasteiger partial charge in [-0.2, -0.15) is 0 Å². The van der Waals surface area contributed by atoms with Gasteiger partial charge in [0.05, 0.1) is 0 Å². The molecule has 3 rings (SSSR count). The highest BCUT2D eigenvalue weighted by Gasteiger charge is 2.10. The number of pyridine rings is 1. The molecule has 0 unspecified atom stereocenters. The van der Waals surface area contributed by atoms with Gasteiger partial charge < -0.3 is 9.51 Å². The summed E-state index contributed by atoms with van der Waals surface area (Å²) in [5.74, 6) is -2.96. The first-order valence-corrected chi connectivity index (χ1v) is 5.72. The summed E-state index contributed by atoms with van der Waals surface area (Å²) in [6.45, 7) is 0. The van der Waals surface area contributed by atoms with Crippen LogP contribution in [0.25, 0.3) is 16.8 Å². The van der Waals surface area contributed by atoms with Crippen LogP contribution in [-0.2, 0) is 0 Å². The maximum absolute atomic E-state index is 13.2. The lowest BCUT2D eigenvalue weighted by Gasteiger charge is -2.03. The normalized spacial score (nSPS) is 10.9. The molecule has 1 aromatic carbocycles. The van der Waals surface area contributed by atoms with Crippen molar-refractivity contribution in [1.29, 1.82) is 0 Å². The molecule has 0 bridgehead atoms. The molecule has 4 nitrogen and oxygen atoms in total. The first kappa shape index (κ1) is 12.3. The Kier molecular flexibility index (Phi) is 2.71. The van der Waals surface area contributed by atoms with Crippen LogP contribution < -0.4 is 0 Å². The fourth-order valence-corrected chi connectivity index (χ4v) is 1.94. The SMILES string of the molecule is O=C(O)c1cn2cc(-c3ccc(F)c(F)c3)ccc2n1. The number of hydrogen-bond acceptors (Lipinski definition) is 2. The second-order valence-corrected chi connectivity index (χ2v) is 4.24. The number of benzene rings is 1. The van der Waals surface area contributed by atoms with E-state index in [0.29, 0.717) is 16.8 Å². The second kappa shape index (κ2) is 4.41. The molecule has 0 saturated heterocycles. The minimum Gasteiger partial charge on any atom is -0.476 e. The Morgan fingerprint density at radius 2 is 1.80 bits per heavy atom. The highest BCUT2D eigenvalue weighted by Crippen LogP contribution is 2.22. The van der Waals surface area contributed by atoms with Gasteiger partial charge in [-0.25, -0.2) is 18.6 Å². The third-order valence-corrected chi connectivity index (χ3v) is 2.92. The van der Waals surface area contributed by atoms with Crippen LogP contribution >= 0.6 is 0 Å². The predicted molar refractivity (Wildman–Crippen MR) is 67.5 cm³/mol. The van der Waals surface area contributed by atoms with Gasteiger partial charge in [-0.15, -0.1) is 0 Å². The van der Waals surface area contributed by atoms with Crippen LogP contribution in [0.1, 0.15) is 10.5 Å². The van der Waals surface area contributed by atoms with Crippen molar-refractivity contribution in [1.82, 2.24) is 9.38 Å². The molecule has 6 heteroatoms. The van der Waals surface area contributed by atoms with Crippen LogP contribution in [0.3, 0.4) is 0 Å². The molecule has 3 aromatic rings. The van der Waals surface area contributed by atoms with Crippen LogP contribution in [0.2, 0.25) is 0 Å². The third-order valence-electron chi connectivity index (χ3n) is 2.92. The van der Waals surface area contributed by atoms with Crippen LogP contribution in [0.15, 0.2) is 42.7 Å². The molecular weight excluding hydrogens is 266 g/mol. The second-order valence-electron chi connectivity index (χ2n) is 4.24. The maximum Gasteiger partial charge on any atom is 0.356 e. The van der Waals surface area contributed by atoms with E-state index >= 15 is 0 Å². The van der Waals surface area contributed by atoms with Crippen molar-refractivity contribution in [3.05, 3.63) is 60.1 Å². The number of hydrogen-bond donors (Lipinski definition) is 1. The van der Waals surface area contributed by atoms with Crippen molar-refractivity contribution in [2.75, 3.05) is 0 Å². The van der Waals surface area contributed by atoms with E-state index in [1.54, 1.807) is 18.3 Å². The fraction of sp³-hybridized carbons (Fsp3) is 0. The number of carbonyl (C=O) groups is 1. The van der Waals surface area contributed by atoms with Crippen molar-refractivity contribution in [3.8, 4) is 11.1 Å². The number of nitrogens with zero attached hydrogens (tertiary/aromatic N) is 2. The molecule has 0 aliphatic rings. The number of aromatic carboxylic acids is 1. The van der Waals surface area contributed by atoms with Crippen LogP contribution in [0.5, 0.6) is 0 Å². The quantitative estimate of drug-likeness (QED) is 0.781. The maximum atomic E-state index is 13.2. The van der Waals surface area contributed by atoms with Gasteiger partial charge in [0.15, 0.2) is 17.3 Å². The van der Waals surface area contributed by atoms with Gasteiger partial charge in [0.25, 0.3) is 0 Å². The molecular formula is C14H8F2N2O2. The average molecular weight is 274 g/mol. The van der Waals surface area contributed by atoms with Crippen LogP contribution in [0, 0.1) is 11.6 Å². The molecule has 20 heavy (non-hydrogen) atoms. The Labute approximate surface area is 111 Å². The van der Waals surface area contributed by atoms with Crippen LogP contribution in [0.4, 0.5) is 8.78 Å². The Morgan fingerprint density at radius 1 is 1.05 bits per heavy atom. The topological polar surface area (TPSA) is 54.6 Å². The van der Waals surface area contributed by atoms with Crippen molar-refractivity contribution in [2.24, 2.45) is 0 Å². The van der Waals surface area contributed by atoms with E-state index in [2.05, 4.69) is 4.98 Å². The minimum atomic E-state index is -1.12. The monoisotopic (exact) mass is 274 g/mol. The van der Waals surface area contributed by atoms with Gasteiger partial charge in [0, 0.05) is 12.4 Å². The number of imidazole rings is 1. The zero-order valence-electron chi connectivity index (χ0n) is 10.0. The molecule has 2 aromatic heterocycles. The molecule has 1 N–H and O–H groups in total. The Hall–Kier alpha value is -2.76. The molecule has 0 radical (unpaired) electrons. The minimum absolute atomic E-state index is 0.0764. The zero-order valence-corrected chi connectivity index (χ0v) is 10.0. The summed E-state index contributed by atoms with van der Waals surface area (Å²) >= 11 is 0. The summed E-state index contributed by atoms with van der Waals surface area (Å²) in [4.78, 5) is 14.7. The molecule has 0 atom stereocenters. The lowest BCUT2D eigenvalue weighted by Crippen LogP contribution is -1.94. The summed E-state index contributed by atoms with van der Waals surface area (Å²) < 4.78 is 27.6.